The minimum Gasteiger partial charge on any atom is -0.439 e. The van der Waals surface area contributed by atoms with E-state index in [9.17, 15) is 9.59 Å². The van der Waals surface area contributed by atoms with Crippen molar-refractivity contribution in [1.29, 1.82) is 0 Å². The van der Waals surface area contributed by atoms with Crippen LogP contribution in [0.4, 0.5) is 5.82 Å². The van der Waals surface area contributed by atoms with Gasteiger partial charge in [0.25, 0.3) is 5.91 Å². The van der Waals surface area contributed by atoms with Crippen molar-refractivity contribution in [3.63, 3.8) is 0 Å². The lowest BCUT2D eigenvalue weighted by Gasteiger charge is -2.38. The topological polar surface area (TPSA) is 115 Å². The Morgan fingerprint density at radius 3 is 2.60 bits per heavy atom. The highest BCUT2D eigenvalue weighted by atomic mass is 16.5. The first-order valence-corrected chi connectivity index (χ1v) is 11.7. The molecule has 0 radical (unpaired) electrons. The molecule has 0 atom stereocenters. The third-order valence-electron chi connectivity index (χ3n) is 6.28. The van der Waals surface area contributed by atoms with Crippen LogP contribution >= 0.6 is 0 Å². The second kappa shape index (κ2) is 10.4. The maximum absolute atomic E-state index is 12.7. The number of amides is 2. The Labute approximate surface area is 204 Å². The molecule has 1 saturated carbocycles. The Kier molecular flexibility index (Phi) is 7.14. The molecule has 1 aromatic carbocycles. The average molecular weight is 475 g/mol. The van der Waals surface area contributed by atoms with Gasteiger partial charge in [-0.15, -0.1) is 0 Å². The first-order chi connectivity index (χ1) is 16.9. The molecule has 9 nitrogen and oxygen atoms in total. The van der Waals surface area contributed by atoms with Crippen molar-refractivity contribution in [2.45, 2.75) is 25.8 Å². The maximum Gasteiger partial charge on any atom is 0.257 e. The van der Waals surface area contributed by atoms with Crippen LogP contribution in [-0.2, 0) is 4.79 Å². The highest BCUT2D eigenvalue weighted by Crippen LogP contribution is 2.41. The monoisotopic (exact) mass is 474 g/mol. The number of nitrogens with two attached hydrogens (primary N) is 1. The zero-order chi connectivity index (χ0) is 24.9. The molecule has 0 spiro atoms. The number of aromatic nitrogens is 3. The molecule has 2 heterocycles. The lowest BCUT2D eigenvalue weighted by Crippen LogP contribution is -2.40. The van der Waals surface area contributed by atoms with E-state index in [0.29, 0.717) is 53.3 Å². The molecule has 1 aliphatic rings. The summed E-state index contributed by atoms with van der Waals surface area (Å²) >= 11 is 0. The zero-order valence-electron chi connectivity index (χ0n) is 20.0. The summed E-state index contributed by atoms with van der Waals surface area (Å²) in [5, 5.41) is 7.38. The molecular formula is C26H30N6O3. The number of likely N-dealkylation sites (N-methyl/N-ethyl adjacent to an activating group) is 1. The fraction of sp³-hybridized carbons (Fsp3) is 0.308. The van der Waals surface area contributed by atoms with Gasteiger partial charge in [0.05, 0.1) is 6.04 Å². The number of nitrogens with one attached hydrogen (secondary N) is 1. The van der Waals surface area contributed by atoms with Gasteiger partial charge >= 0.3 is 0 Å². The summed E-state index contributed by atoms with van der Waals surface area (Å²) in [5.74, 6) is 1.41. The lowest BCUT2D eigenvalue weighted by molar-refractivity contribution is -0.127. The molecule has 0 unspecified atom stereocenters. The molecule has 9 heteroatoms. The first kappa shape index (κ1) is 24.0. The summed E-state index contributed by atoms with van der Waals surface area (Å²) in [6, 6.07) is 13.0. The molecule has 0 saturated heterocycles. The Morgan fingerprint density at radius 2 is 2.00 bits per heavy atom. The Morgan fingerprint density at radius 1 is 1.26 bits per heavy atom. The molecule has 182 valence electrons. The van der Waals surface area contributed by atoms with Crippen LogP contribution in [0.1, 0.15) is 36.2 Å². The maximum atomic E-state index is 12.7. The van der Waals surface area contributed by atoms with E-state index in [1.165, 1.54) is 6.08 Å². The van der Waals surface area contributed by atoms with Crippen LogP contribution in [0.15, 0.2) is 61.3 Å². The normalized spacial score (nSPS) is 16.7. The van der Waals surface area contributed by atoms with Crippen LogP contribution in [0.5, 0.6) is 11.6 Å². The number of hydrogen-bond acceptors (Lipinski definition) is 6. The van der Waals surface area contributed by atoms with Crippen LogP contribution in [0, 0.1) is 5.92 Å². The molecule has 1 fully saturated rings. The number of nitrogens with zero attached hydrogens (tertiary/aromatic N) is 4. The van der Waals surface area contributed by atoms with Crippen molar-refractivity contribution in [2.75, 3.05) is 25.9 Å². The van der Waals surface area contributed by atoms with Crippen LogP contribution in [0.2, 0.25) is 0 Å². The number of para-hydroxylation sites is 1. The standard InChI is InChI=1S/C26H30N6O3/c1-4-22(33)31(5-2)16-17-13-19(14-17)32-25(27)23(26(34)28-3)24(30-32)18-11-12-21(29-15-18)35-20-9-7-6-8-10-20/h4,6-12,15,17,19H,1,5,13-14,16,27H2,2-3H3,(H,28,34). The van der Waals surface area contributed by atoms with Gasteiger partial charge in [-0.2, -0.15) is 5.10 Å². The second-order valence-electron chi connectivity index (χ2n) is 8.51. The van der Waals surface area contributed by atoms with Gasteiger partial charge in [0.1, 0.15) is 22.8 Å². The quantitative estimate of drug-likeness (QED) is 0.457. The number of rotatable bonds is 9. The molecule has 1 aliphatic carbocycles. The molecule has 0 bridgehead atoms. The third kappa shape index (κ3) is 5.03. The predicted molar refractivity (Wildman–Crippen MR) is 134 cm³/mol. The van der Waals surface area contributed by atoms with E-state index in [-0.39, 0.29) is 17.9 Å². The van der Waals surface area contributed by atoms with Crippen molar-refractivity contribution in [1.82, 2.24) is 25.0 Å². The molecule has 2 amide bonds. The highest BCUT2D eigenvalue weighted by molar-refractivity contribution is 6.04. The van der Waals surface area contributed by atoms with Crippen LogP contribution in [0.3, 0.4) is 0 Å². The summed E-state index contributed by atoms with van der Waals surface area (Å²) in [6.07, 6.45) is 4.61. The predicted octanol–water partition coefficient (Wildman–Crippen LogP) is 3.66. The molecule has 0 aliphatic heterocycles. The lowest BCUT2D eigenvalue weighted by atomic mass is 9.80. The smallest absolute Gasteiger partial charge is 0.257 e. The zero-order valence-corrected chi connectivity index (χ0v) is 20.0. The van der Waals surface area contributed by atoms with Crippen LogP contribution in [-0.4, -0.2) is 51.6 Å². The van der Waals surface area contributed by atoms with Gasteiger partial charge in [-0.3, -0.25) is 9.59 Å². The van der Waals surface area contributed by atoms with E-state index in [0.717, 1.165) is 12.8 Å². The fourth-order valence-electron chi connectivity index (χ4n) is 4.33. The van der Waals surface area contributed by atoms with E-state index in [4.69, 9.17) is 15.6 Å². The van der Waals surface area contributed by atoms with Crippen molar-refractivity contribution < 1.29 is 14.3 Å². The van der Waals surface area contributed by atoms with Crippen LogP contribution in [0.25, 0.3) is 11.3 Å². The summed E-state index contributed by atoms with van der Waals surface area (Å²) in [5.41, 5.74) is 7.88. The minimum absolute atomic E-state index is 0.0586. The van der Waals surface area contributed by atoms with Gasteiger partial charge in [-0.25, -0.2) is 9.67 Å². The van der Waals surface area contributed by atoms with Gasteiger partial charge in [-0.05, 0) is 50.0 Å². The van der Waals surface area contributed by atoms with E-state index in [2.05, 4.69) is 16.9 Å². The second-order valence-corrected chi connectivity index (χ2v) is 8.51. The van der Waals surface area contributed by atoms with E-state index in [1.54, 1.807) is 28.9 Å². The number of carbonyl (C=O) groups excluding carboxylic acids is 2. The Bertz CT molecular complexity index is 1200. The Hall–Kier alpha value is -4.14. The van der Waals surface area contributed by atoms with Crippen molar-refractivity contribution in [3.05, 3.63) is 66.9 Å². The van der Waals surface area contributed by atoms with Crippen LogP contribution < -0.4 is 15.8 Å². The number of nitrogen functional groups attached to an aromatic ring is 1. The molecule has 2 aromatic heterocycles. The van der Waals surface area contributed by atoms with E-state index in [1.807, 2.05) is 43.3 Å². The molecular weight excluding hydrogens is 444 g/mol. The number of pyridine rings is 1. The number of ether oxygens (including phenoxy) is 1. The van der Waals surface area contributed by atoms with Gasteiger partial charge in [-0.1, -0.05) is 24.8 Å². The van der Waals surface area contributed by atoms with Gasteiger partial charge in [0.2, 0.25) is 11.8 Å². The number of benzene rings is 1. The summed E-state index contributed by atoms with van der Waals surface area (Å²) < 4.78 is 7.50. The van der Waals surface area contributed by atoms with Crippen molar-refractivity contribution >= 4 is 17.6 Å². The van der Waals surface area contributed by atoms with Gasteiger partial charge in [0, 0.05) is 38.0 Å². The summed E-state index contributed by atoms with van der Waals surface area (Å²) in [6.45, 7) is 6.83. The Balaban J connectivity index is 1.53. The highest BCUT2D eigenvalue weighted by Gasteiger charge is 2.36. The summed E-state index contributed by atoms with van der Waals surface area (Å²) in [4.78, 5) is 30.8. The summed E-state index contributed by atoms with van der Waals surface area (Å²) in [7, 11) is 1.56. The number of hydrogen-bond donors (Lipinski definition) is 2. The third-order valence-corrected chi connectivity index (χ3v) is 6.28. The molecule has 4 rings (SSSR count). The number of carbonyl (C=O) groups is 2. The fourth-order valence-corrected chi connectivity index (χ4v) is 4.33. The number of anilines is 1. The van der Waals surface area contributed by atoms with Gasteiger partial charge in [0.15, 0.2) is 0 Å². The minimum atomic E-state index is -0.307. The largest absolute Gasteiger partial charge is 0.439 e. The van der Waals surface area contributed by atoms with E-state index < -0.39 is 0 Å². The van der Waals surface area contributed by atoms with E-state index >= 15 is 0 Å². The van der Waals surface area contributed by atoms with Gasteiger partial charge < -0.3 is 20.7 Å². The molecule has 35 heavy (non-hydrogen) atoms. The van der Waals surface area contributed by atoms with Crippen molar-refractivity contribution in [2.24, 2.45) is 5.92 Å². The van der Waals surface area contributed by atoms with Crippen molar-refractivity contribution in [3.8, 4) is 22.9 Å². The SMILES string of the molecule is C=CC(=O)N(CC)CC1CC(n2nc(-c3ccc(Oc4ccccc4)nc3)c(C(=O)NC)c2N)C1. The molecule has 3 aromatic rings. The molecule has 3 N–H and O–H groups in total. The average Bonchev–Trinajstić information content (AvgIpc) is 3.20. The first-order valence-electron chi connectivity index (χ1n) is 11.7.